The Labute approximate surface area is 142 Å². The molecule has 2 aromatic carbocycles. The third-order valence-corrected chi connectivity index (χ3v) is 4.58. The van der Waals surface area contributed by atoms with Gasteiger partial charge >= 0.3 is 0 Å². The van der Waals surface area contributed by atoms with Crippen molar-refractivity contribution >= 4 is 40.3 Å². The molecule has 22 heavy (non-hydrogen) atoms. The molecule has 1 aromatic heterocycles. The molecule has 2 nitrogen and oxygen atoms in total. The topological polar surface area (TPSA) is 20.9 Å². The molecule has 0 N–H and O–H groups in total. The zero-order valence-corrected chi connectivity index (χ0v) is 13.8. The van der Waals surface area contributed by atoms with Gasteiger partial charge in [-0.3, -0.25) is 4.79 Å². The minimum absolute atomic E-state index is 0.0396. The second kappa shape index (κ2) is 6.61. The van der Waals surface area contributed by atoms with Gasteiger partial charge in [0.2, 0.25) is 23.5 Å². The first kappa shape index (κ1) is 15.2. The Morgan fingerprint density at radius 2 is 1.86 bits per heavy atom. The molecule has 110 valence electrons. The predicted octanol–water partition coefficient (Wildman–Crippen LogP) is 4.89. The molecule has 0 amide bonds. The maximum Gasteiger partial charge on any atom is 0.229 e. The van der Waals surface area contributed by atoms with E-state index in [2.05, 4.69) is 0 Å². The van der Waals surface area contributed by atoms with Crippen molar-refractivity contribution in [3.8, 4) is 11.3 Å². The third kappa shape index (κ3) is 3.22. The molecule has 0 aliphatic rings. The largest absolute Gasteiger partial charge is 0.287 e. The molecule has 0 radical (unpaired) electrons. The Morgan fingerprint density at radius 1 is 1.09 bits per heavy atom. The average Bonchev–Trinajstić information content (AvgIpc) is 2.96. The van der Waals surface area contributed by atoms with E-state index in [1.54, 1.807) is 29.5 Å². The summed E-state index contributed by atoms with van der Waals surface area (Å²) in [5, 5.41) is 2.94. The molecule has 3 aromatic rings. The Morgan fingerprint density at radius 3 is 2.59 bits per heavy atom. The van der Waals surface area contributed by atoms with Crippen LogP contribution in [0.1, 0.15) is 10.4 Å². The lowest BCUT2D eigenvalue weighted by Gasteiger charge is -2.02. The molecule has 0 spiro atoms. The Hall–Kier alpha value is -1.68. The van der Waals surface area contributed by atoms with Crippen molar-refractivity contribution in [2.75, 3.05) is 0 Å². The lowest BCUT2D eigenvalue weighted by molar-refractivity contribution is -0.667. The Balaban J connectivity index is 1.88. The van der Waals surface area contributed by atoms with Crippen LogP contribution in [0.5, 0.6) is 0 Å². The smallest absolute Gasteiger partial charge is 0.229 e. The summed E-state index contributed by atoms with van der Waals surface area (Å²) in [6.07, 6.45) is 0. The fraction of sp³-hybridized carbons (Fsp3) is 0.0588. The summed E-state index contributed by atoms with van der Waals surface area (Å²) in [6.45, 7) is 0.245. The summed E-state index contributed by atoms with van der Waals surface area (Å²) in [7, 11) is 0. The molecule has 0 aliphatic heterocycles. The van der Waals surface area contributed by atoms with Crippen LogP contribution in [0.15, 0.2) is 59.4 Å². The van der Waals surface area contributed by atoms with Gasteiger partial charge in [0.1, 0.15) is 0 Å². The molecule has 5 heteroatoms. The van der Waals surface area contributed by atoms with Crippen LogP contribution in [-0.2, 0) is 6.54 Å². The van der Waals surface area contributed by atoms with E-state index in [0.717, 1.165) is 11.3 Å². The van der Waals surface area contributed by atoms with Crippen LogP contribution < -0.4 is 4.57 Å². The third-order valence-electron chi connectivity index (χ3n) is 3.29. The van der Waals surface area contributed by atoms with Crippen molar-refractivity contribution in [1.82, 2.24) is 0 Å². The highest BCUT2D eigenvalue weighted by atomic mass is 35.5. The summed E-state index contributed by atoms with van der Waals surface area (Å²) < 4.78 is 1.94. The molecule has 0 bridgehead atoms. The number of thiazole rings is 1. The molecular weight excluding hydrogens is 337 g/mol. The number of Topliss-reactive ketones (excluding diaryl/α,β-unsaturated/α-hetero) is 1. The van der Waals surface area contributed by atoms with E-state index in [-0.39, 0.29) is 12.3 Å². The maximum atomic E-state index is 12.5. The zero-order chi connectivity index (χ0) is 15.5. The van der Waals surface area contributed by atoms with Crippen molar-refractivity contribution in [3.05, 3.63) is 75.0 Å². The van der Waals surface area contributed by atoms with E-state index in [1.807, 2.05) is 45.8 Å². The van der Waals surface area contributed by atoms with Crippen molar-refractivity contribution in [3.63, 3.8) is 0 Å². The van der Waals surface area contributed by atoms with Crippen molar-refractivity contribution < 1.29 is 9.36 Å². The van der Waals surface area contributed by atoms with Gasteiger partial charge in [-0.2, -0.15) is 4.57 Å². The quantitative estimate of drug-likeness (QED) is 0.485. The molecule has 0 saturated carbocycles. The molecule has 3 rings (SSSR count). The van der Waals surface area contributed by atoms with Crippen molar-refractivity contribution in [2.24, 2.45) is 0 Å². The van der Waals surface area contributed by atoms with Crippen LogP contribution in [0, 0.1) is 0 Å². The SMILES string of the molecule is O=C(C[n+]1cscc1-c1ccccc1)c1ccc(Cl)cc1Cl. The van der Waals surface area contributed by atoms with E-state index in [0.29, 0.717) is 15.6 Å². The normalized spacial score (nSPS) is 10.6. The van der Waals surface area contributed by atoms with E-state index < -0.39 is 0 Å². The van der Waals surface area contributed by atoms with Crippen LogP contribution >= 0.6 is 34.5 Å². The number of hydrogen-bond acceptors (Lipinski definition) is 2. The number of aromatic nitrogens is 1. The number of rotatable bonds is 4. The fourth-order valence-electron chi connectivity index (χ4n) is 2.21. The summed E-state index contributed by atoms with van der Waals surface area (Å²) in [5.74, 6) is -0.0396. The van der Waals surface area contributed by atoms with Gasteiger partial charge in [-0.15, -0.1) is 0 Å². The molecule has 0 unspecified atom stereocenters. The van der Waals surface area contributed by atoms with Gasteiger partial charge in [-0.1, -0.05) is 52.7 Å². The average molecular weight is 349 g/mol. The molecule has 0 atom stereocenters. The number of hydrogen-bond donors (Lipinski definition) is 0. The van der Waals surface area contributed by atoms with Gasteiger partial charge in [0, 0.05) is 16.1 Å². The highest BCUT2D eigenvalue weighted by Gasteiger charge is 2.20. The fourth-order valence-corrected chi connectivity index (χ4v) is 3.52. The first-order valence-corrected chi connectivity index (χ1v) is 8.34. The second-order valence-electron chi connectivity index (χ2n) is 4.79. The van der Waals surface area contributed by atoms with Crippen LogP contribution in [0.4, 0.5) is 0 Å². The minimum atomic E-state index is -0.0396. The van der Waals surface area contributed by atoms with Gasteiger partial charge in [-0.05, 0) is 30.3 Å². The summed E-state index contributed by atoms with van der Waals surface area (Å²) >= 11 is 13.5. The molecule has 0 aliphatic carbocycles. The maximum absolute atomic E-state index is 12.5. The highest BCUT2D eigenvalue weighted by Crippen LogP contribution is 2.22. The Kier molecular flexibility index (Phi) is 4.57. The lowest BCUT2D eigenvalue weighted by Crippen LogP contribution is -2.37. The van der Waals surface area contributed by atoms with E-state index >= 15 is 0 Å². The number of nitrogens with zero attached hydrogens (tertiary/aromatic N) is 1. The van der Waals surface area contributed by atoms with Crippen LogP contribution in [-0.4, -0.2) is 5.78 Å². The molecule has 1 heterocycles. The number of carbonyl (C=O) groups is 1. The van der Waals surface area contributed by atoms with E-state index in [9.17, 15) is 4.79 Å². The summed E-state index contributed by atoms with van der Waals surface area (Å²) in [5.41, 5.74) is 4.52. The minimum Gasteiger partial charge on any atom is -0.287 e. The number of ketones is 1. The molecule has 0 fully saturated rings. The number of carbonyl (C=O) groups excluding carboxylic acids is 1. The summed E-state index contributed by atoms with van der Waals surface area (Å²) in [6, 6.07) is 14.9. The molecule has 0 saturated heterocycles. The predicted molar refractivity (Wildman–Crippen MR) is 90.7 cm³/mol. The van der Waals surface area contributed by atoms with Crippen molar-refractivity contribution in [2.45, 2.75) is 6.54 Å². The van der Waals surface area contributed by atoms with E-state index in [4.69, 9.17) is 23.2 Å². The standard InChI is InChI=1S/C17H12Cl2NOS/c18-13-6-7-14(15(19)8-13)17(21)9-20-11-22-10-16(20)12-4-2-1-3-5-12/h1-8,10-11H,9H2/q+1. The van der Waals surface area contributed by atoms with Gasteiger partial charge in [-0.25, -0.2) is 0 Å². The van der Waals surface area contributed by atoms with E-state index in [1.165, 1.54) is 0 Å². The van der Waals surface area contributed by atoms with Crippen LogP contribution in [0.2, 0.25) is 10.0 Å². The Bertz CT molecular complexity index is 815. The van der Waals surface area contributed by atoms with Gasteiger partial charge in [0.15, 0.2) is 0 Å². The van der Waals surface area contributed by atoms with Gasteiger partial charge in [0.05, 0.1) is 10.4 Å². The molecular formula is C17H12Cl2NOS+. The monoisotopic (exact) mass is 348 g/mol. The van der Waals surface area contributed by atoms with Crippen LogP contribution in [0.3, 0.4) is 0 Å². The first-order chi connectivity index (χ1) is 10.6. The number of halogens is 2. The zero-order valence-electron chi connectivity index (χ0n) is 11.5. The number of benzene rings is 2. The second-order valence-corrected chi connectivity index (χ2v) is 6.35. The van der Waals surface area contributed by atoms with Gasteiger partial charge < -0.3 is 0 Å². The highest BCUT2D eigenvalue weighted by molar-refractivity contribution is 7.07. The van der Waals surface area contributed by atoms with Crippen molar-refractivity contribution in [1.29, 1.82) is 0 Å². The first-order valence-electron chi connectivity index (χ1n) is 6.64. The van der Waals surface area contributed by atoms with Gasteiger partial charge in [0.25, 0.3) is 0 Å². The lowest BCUT2D eigenvalue weighted by atomic mass is 10.1. The summed E-state index contributed by atoms with van der Waals surface area (Å²) in [4.78, 5) is 12.5. The van der Waals surface area contributed by atoms with Crippen LogP contribution in [0.25, 0.3) is 11.3 Å².